The van der Waals surface area contributed by atoms with Gasteiger partial charge in [-0.05, 0) is 66.5 Å². The largest absolute Gasteiger partial charge is 0.573 e. The lowest BCUT2D eigenvalue weighted by molar-refractivity contribution is -0.274. The van der Waals surface area contributed by atoms with Crippen LogP contribution in [0.4, 0.5) is 18.9 Å². The number of rotatable bonds is 7. The normalized spacial score (nSPS) is 14.5. The van der Waals surface area contributed by atoms with Gasteiger partial charge in [0.05, 0.1) is 17.1 Å². The molecule has 1 amide bonds. The van der Waals surface area contributed by atoms with Gasteiger partial charge >= 0.3 is 6.36 Å². The molecule has 0 spiro atoms. The molecule has 1 aliphatic rings. The molecule has 0 saturated carbocycles. The smallest absolute Gasteiger partial charge is 0.406 e. The molecule has 13 heteroatoms. The molecule has 1 fully saturated rings. The molecular weight excluding hydrogens is 585 g/mol. The zero-order chi connectivity index (χ0) is 29.9. The molecule has 1 aliphatic heterocycles. The van der Waals surface area contributed by atoms with E-state index in [0.29, 0.717) is 29.0 Å². The van der Waals surface area contributed by atoms with Crippen LogP contribution in [-0.2, 0) is 17.8 Å². The first-order chi connectivity index (χ1) is 20.1. The van der Waals surface area contributed by atoms with Crippen LogP contribution in [0.1, 0.15) is 23.6 Å². The molecule has 42 heavy (non-hydrogen) atoms. The third-order valence-electron chi connectivity index (χ3n) is 6.37. The van der Waals surface area contributed by atoms with Crippen LogP contribution in [0, 0.1) is 6.92 Å². The van der Waals surface area contributed by atoms with E-state index in [1.807, 2.05) is 49.4 Å². The van der Waals surface area contributed by atoms with Crippen LogP contribution in [0.25, 0.3) is 17.1 Å². The summed E-state index contributed by atoms with van der Waals surface area (Å²) in [5.41, 5.74) is 5.19. The molecule has 0 radical (unpaired) electrons. The number of nitrogens with zero attached hydrogens (tertiary/aromatic N) is 5. The van der Waals surface area contributed by atoms with Crippen molar-refractivity contribution in [1.29, 1.82) is 0 Å². The summed E-state index contributed by atoms with van der Waals surface area (Å²) >= 11 is 6.84. The molecule has 2 heterocycles. The molecule has 0 bridgehead atoms. The number of halogens is 3. The van der Waals surface area contributed by atoms with E-state index in [1.165, 1.54) is 47.0 Å². The van der Waals surface area contributed by atoms with Crippen molar-refractivity contribution in [2.24, 2.45) is 4.99 Å². The number of amides is 1. The Hall–Kier alpha value is -4.23. The summed E-state index contributed by atoms with van der Waals surface area (Å²) in [5, 5.41) is 8.40. The Bertz CT molecular complexity index is 1640. The highest BCUT2D eigenvalue weighted by molar-refractivity contribution is 8.15. The van der Waals surface area contributed by atoms with Gasteiger partial charge in [0.1, 0.15) is 12.1 Å². The summed E-state index contributed by atoms with van der Waals surface area (Å²) in [5.74, 6) is 0.427. The average Bonchev–Trinajstić information content (AvgIpc) is 3.59. The zero-order valence-electron chi connectivity index (χ0n) is 22.6. The van der Waals surface area contributed by atoms with Crippen LogP contribution in [0.3, 0.4) is 0 Å². The predicted octanol–water partition coefficient (Wildman–Crippen LogP) is 6.21. The van der Waals surface area contributed by atoms with Crippen LogP contribution in [0.5, 0.6) is 5.75 Å². The van der Waals surface area contributed by atoms with E-state index < -0.39 is 6.36 Å². The number of ether oxygens (including phenoxy) is 1. The van der Waals surface area contributed by atoms with E-state index in [4.69, 9.17) is 12.2 Å². The van der Waals surface area contributed by atoms with Gasteiger partial charge in [-0.3, -0.25) is 9.69 Å². The molecular formula is C29H25F3N6O2S2. The van der Waals surface area contributed by atoms with Crippen molar-refractivity contribution in [1.82, 2.24) is 20.1 Å². The Balaban J connectivity index is 1.22. The minimum absolute atomic E-state index is 0.0234. The number of aliphatic imine (C=N–C) groups is 1. The van der Waals surface area contributed by atoms with Gasteiger partial charge in [0.25, 0.3) is 0 Å². The van der Waals surface area contributed by atoms with Gasteiger partial charge in [0.2, 0.25) is 5.91 Å². The molecule has 0 aliphatic carbocycles. The van der Waals surface area contributed by atoms with Gasteiger partial charge in [-0.15, -0.1) is 18.3 Å². The number of anilines is 1. The monoisotopic (exact) mass is 610 g/mol. The summed E-state index contributed by atoms with van der Waals surface area (Å²) in [7, 11) is 0. The van der Waals surface area contributed by atoms with Crippen molar-refractivity contribution < 1.29 is 22.7 Å². The Morgan fingerprint density at radius 2 is 1.86 bits per heavy atom. The molecule has 1 N–H and O–H groups in total. The number of alkyl halides is 3. The van der Waals surface area contributed by atoms with Crippen molar-refractivity contribution in [3.05, 3.63) is 89.7 Å². The Labute approximate surface area is 249 Å². The molecule has 0 unspecified atom stereocenters. The van der Waals surface area contributed by atoms with Crippen LogP contribution >= 0.6 is 24.0 Å². The molecule has 5 rings (SSSR count). The maximum Gasteiger partial charge on any atom is 0.573 e. The van der Waals surface area contributed by atoms with Crippen molar-refractivity contribution in [2.45, 2.75) is 33.2 Å². The Morgan fingerprint density at radius 1 is 1.12 bits per heavy atom. The summed E-state index contributed by atoms with van der Waals surface area (Å²) < 4.78 is 42.6. The van der Waals surface area contributed by atoms with Gasteiger partial charge < -0.3 is 10.1 Å². The average molecular weight is 611 g/mol. The molecule has 8 nitrogen and oxygen atoms in total. The zero-order valence-corrected chi connectivity index (χ0v) is 24.2. The maximum absolute atomic E-state index is 12.8. The highest BCUT2D eigenvalue weighted by Crippen LogP contribution is 2.33. The number of aryl methyl sites for hydroxylation is 2. The third kappa shape index (κ3) is 6.80. The second kappa shape index (κ2) is 12.3. The summed E-state index contributed by atoms with van der Waals surface area (Å²) in [4.78, 5) is 23.3. The van der Waals surface area contributed by atoms with Crippen LogP contribution in [0.2, 0.25) is 0 Å². The second-order valence-corrected chi connectivity index (χ2v) is 10.6. The quantitative estimate of drug-likeness (QED) is 0.249. The van der Waals surface area contributed by atoms with Crippen molar-refractivity contribution >= 4 is 45.9 Å². The topological polar surface area (TPSA) is 84.6 Å². The lowest BCUT2D eigenvalue weighted by atomic mass is 10.0. The number of thiocarbonyl (C=S) groups is 1. The first kappa shape index (κ1) is 29.3. The van der Waals surface area contributed by atoms with Gasteiger partial charge in [-0.2, -0.15) is 4.99 Å². The van der Waals surface area contributed by atoms with E-state index in [9.17, 15) is 18.0 Å². The molecule has 1 saturated heterocycles. The summed E-state index contributed by atoms with van der Waals surface area (Å²) in [6.07, 6.45) is -2.47. The van der Waals surface area contributed by atoms with E-state index in [2.05, 4.69) is 32.1 Å². The Morgan fingerprint density at radius 3 is 2.55 bits per heavy atom. The highest BCUT2D eigenvalue weighted by Gasteiger charge is 2.32. The number of hydrogen-bond acceptors (Lipinski definition) is 6. The van der Waals surface area contributed by atoms with Crippen LogP contribution in [0.15, 0.2) is 78.0 Å². The number of aromatic nitrogens is 3. The lowest BCUT2D eigenvalue weighted by Gasteiger charge is -2.22. The van der Waals surface area contributed by atoms with E-state index in [1.54, 1.807) is 4.90 Å². The minimum atomic E-state index is -4.75. The number of benzene rings is 3. The van der Waals surface area contributed by atoms with E-state index >= 15 is 0 Å². The SMILES string of the molecule is CCc1cccc(C)c1N1C(=O)CSC1=NC(=S)NCc1ccc(-c2ncn(-c3ccc(OC(F)(F)F)cc3)n2)cc1. The number of carbonyl (C=O) groups is 1. The molecule has 1 aromatic heterocycles. The number of amidine groups is 1. The van der Waals surface area contributed by atoms with Gasteiger partial charge in [0, 0.05) is 12.1 Å². The van der Waals surface area contributed by atoms with Crippen molar-refractivity contribution in [3.8, 4) is 22.8 Å². The van der Waals surface area contributed by atoms with Crippen molar-refractivity contribution in [2.75, 3.05) is 10.7 Å². The standard InChI is InChI=1S/C29H25F3N6O2S2/c1-3-20-6-4-5-18(2)25(20)38-24(39)16-42-28(38)35-27(41)33-15-19-7-9-21(10-8-19)26-34-17-37(36-26)22-11-13-23(14-12-22)40-29(30,31)32/h4-14,17H,3,15-16H2,1-2H3,(H,33,41). The number of thioether (sulfide) groups is 1. The number of hydrogen-bond donors (Lipinski definition) is 1. The first-order valence-electron chi connectivity index (χ1n) is 12.9. The first-order valence-corrected chi connectivity index (χ1v) is 14.3. The fourth-order valence-electron chi connectivity index (χ4n) is 4.39. The highest BCUT2D eigenvalue weighted by atomic mass is 32.2. The Kier molecular flexibility index (Phi) is 8.59. The fraction of sp³-hybridized carbons (Fsp3) is 0.207. The van der Waals surface area contributed by atoms with Gasteiger partial charge in [-0.25, -0.2) is 9.67 Å². The van der Waals surface area contributed by atoms with Crippen LogP contribution < -0.4 is 15.0 Å². The summed E-state index contributed by atoms with van der Waals surface area (Å²) in [6, 6.07) is 18.9. The van der Waals surface area contributed by atoms with Gasteiger partial charge in [0.15, 0.2) is 16.1 Å². The second-order valence-electron chi connectivity index (χ2n) is 9.26. The lowest BCUT2D eigenvalue weighted by Crippen LogP contribution is -2.32. The van der Waals surface area contributed by atoms with E-state index in [-0.39, 0.29) is 16.8 Å². The van der Waals surface area contributed by atoms with Gasteiger partial charge in [-0.1, -0.05) is 61.2 Å². The number of nitrogens with one attached hydrogen (secondary N) is 1. The summed E-state index contributed by atoms with van der Waals surface area (Å²) in [6.45, 7) is 4.46. The molecule has 216 valence electrons. The predicted molar refractivity (Wildman–Crippen MR) is 161 cm³/mol. The molecule has 0 atom stereocenters. The van der Waals surface area contributed by atoms with E-state index in [0.717, 1.165) is 34.4 Å². The maximum atomic E-state index is 12.8. The molecule has 3 aromatic carbocycles. The van der Waals surface area contributed by atoms with Crippen LogP contribution in [-0.4, -0.2) is 43.1 Å². The third-order valence-corrected chi connectivity index (χ3v) is 7.53. The van der Waals surface area contributed by atoms with Crippen molar-refractivity contribution in [3.63, 3.8) is 0 Å². The minimum Gasteiger partial charge on any atom is -0.406 e. The number of carbonyl (C=O) groups excluding carboxylic acids is 1. The fourth-order valence-corrected chi connectivity index (χ4v) is 5.46. The molecule has 4 aromatic rings. The number of para-hydroxylation sites is 1.